The second-order valence-electron chi connectivity index (χ2n) is 9.10. The molecule has 31 heavy (non-hydrogen) atoms. The Morgan fingerprint density at radius 3 is 2.32 bits per heavy atom. The Kier molecular flexibility index (Phi) is 5.35. The number of rotatable bonds is 5. The summed E-state index contributed by atoms with van der Waals surface area (Å²) >= 11 is 0. The summed E-state index contributed by atoms with van der Waals surface area (Å²) < 4.78 is 5.37. The van der Waals surface area contributed by atoms with Gasteiger partial charge < -0.3 is 0 Å². The van der Waals surface area contributed by atoms with Gasteiger partial charge in [0, 0.05) is 28.9 Å². The summed E-state index contributed by atoms with van der Waals surface area (Å²) in [6, 6.07) is 16.5. The van der Waals surface area contributed by atoms with Crippen molar-refractivity contribution in [2.75, 3.05) is 0 Å². The highest BCUT2D eigenvalue weighted by molar-refractivity contribution is 5.72. The molecule has 0 aliphatic rings. The van der Waals surface area contributed by atoms with Gasteiger partial charge in [0.2, 0.25) is 0 Å². The van der Waals surface area contributed by atoms with E-state index in [1.807, 2.05) is 47.4 Å². The van der Waals surface area contributed by atoms with Crippen molar-refractivity contribution in [1.29, 1.82) is 0 Å². The number of tetrazole rings is 1. The standard InChI is InChI=1S/C24H28N6O/c1-17(2)28-15-22(24(3,4)5)29(23(28)31)14-18-10-12-19(13-11-18)20-8-6-7-9-21(20)30-16-25-26-27-30/h6-13,15-17H,14H2,1-5H3. The molecule has 7 nitrogen and oxygen atoms in total. The molecule has 2 heterocycles. The lowest BCUT2D eigenvalue weighted by atomic mass is 9.92. The van der Waals surface area contributed by atoms with E-state index >= 15 is 0 Å². The molecule has 0 saturated carbocycles. The van der Waals surface area contributed by atoms with E-state index in [0.29, 0.717) is 6.54 Å². The lowest BCUT2D eigenvalue weighted by molar-refractivity contribution is 0.523. The summed E-state index contributed by atoms with van der Waals surface area (Å²) in [6.07, 6.45) is 3.59. The first kappa shape index (κ1) is 20.8. The van der Waals surface area contributed by atoms with Crippen LogP contribution in [0.4, 0.5) is 0 Å². The molecular weight excluding hydrogens is 388 g/mol. The third-order valence-corrected chi connectivity index (χ3v) is 5.43. The Balaban J connectivity index is 1.68. The molecule has 4 rings (SSSR count). The van der Waals surface area contributed by atoms with Crippen molar-refractivity contribution in [3.05, 3.63) is 82.8 Å². The topological polar surface area (TPSA) is 70.5 Å². The van der Waals surface area contributed by atoms with Crippen LogP contribution in [0, 0.1) is 0 Å². The maximum atomic E-state index is 13.1. The van der Waals surface area contributed by atoms with Gasteiger partial charge in [-0.2, -0.15) is 4.68 Å². The van der Waals surface area contributed by atoms with Gasteiger partial charge in [-0.05, 0) is 41.5 Å². The van der Waals surface area contributed by atoms with Crippen molar-refractivity contribution >= 4 is 0 Å². The lowest BCUT2D eigenvalue weighted by Gasteiger charge is -2.20. The molecule has 0 radical (unpaired) electrons. The molecule has 0 unspecified atom stereocenters. The van der Waals surface area contributed by atoms with Crippen LogP contribution in [-0.4, -0.2) is 29.3 Å². The van der Waals surface area contributed by atoms with Gasteiger partial charge in [-0.3, -0.25) is 9.13 Å². The average molecular weight is 417 g/mol. The summed E-state index contributed by atoms with van der Waals surface area (Å²) in [7, 11) is 0. The van der Waals surface area contributed by atoms with Crippen molar-refractivity contribution < 1.29 is 0 Å². The van der Waals surface area contributed by atoms with E-state index in [2.05, 4.69) is 66.6 Å². The Morgan fingerprint density at radius 2 is 1.71 bits per heavy atom. The first-order valence-corrected chi connectivity index (χ1v) is 10.5. The molecule has 2 aromatic heterocycles. The molecule has 0 fully saturated rings. The number of hydrogen-bond acceptors (Lipinski definition) is 4. The summed E-state index contributed by atoms with van der Waals surface area (Å²) in [5.74, 6) is 0. The molecular formula is C24H28N6O. The van der Waals surface area contributed by atoms with Gasteiger partial charge in [-0.25, -0.2) is 4.79 Å². The van der Waals surface area contributed by atoms with Crippen LogP contribution in [0.5, 0.6) is 0 Å². The highest BCUT2D eigenvalue weighted by atomic mass is 16.1. The zero-order chi connectivity index (χ0) is 22.2. The van der Waals surface area contributed by atoms with Gasteiger partial charge in [0.15, 0.2) is 0 Å². The van der Waals surface area contributed by atoms with Gasteiger partial charge in [-0.1, -0.05) is 63.2 Å². The van der Waals surface area contributed by atoms with E-state index in [9.17, 15) is 4.79 Å². The van der Waals surface area contributed by atoms with Crippen LogP contribution in [-0.2, 0) is 12.0 Å². The highest BCUT2D eigenvalue weighted by Gasteiger charge is 2.23. The van der Waals surface area contributed by atoms with Crippen LogP contribution in [0.3, 0.4) is 0 Å². The summed E-state index contributed by atoms with van der Waals surface area (Å²) in [4.78, 5) is 13.1. The van der Waals surface area contributed by atoms with Crippen molar-refractivity contribution in [2.24, 2.45) is 0 Å². The fourth-order valence-corrected chi connectivity index (χ4v) is 3.78. The lowest BCUT2D eigenvalue weighted by Crippen LogP contribution is -2.28. The third-order valence-electron chi connectivity index (χ3n) is 5.43. The predicted octanol–water partition coefficient (Wildman–Crippen LogP) is 4.22. The number of para-hydroxylation sites is 1. The molecule has 0 N–H and O–H groups in total. The van der Waals surface area contributed by atoms with Gasteiger partial charge >= 0.3 is 5.69 Å². The predicted molar refractivity (Wildman–Crippen MR) is 121 cm³/mol. The molecule has 160 valence electrons. The minimum atomic E-state index is -0.121. The van der Waals surface area contributed by atoms with Gasteiger partial charge in [0.25, 0.3) is 0 Å². The van der Waals surface area contributed by atoms with Crippen molar-refractivity contribution in [2.45, 2.75) is 52.6 Å². The second-order valence-corrected chi connectivity index (χ2v) is 9.10. The SMILES string of the molecule is CC(C)n1cc(C(C)(C)C)n(Cc2ccc(-c3ccccc3-n3cnnn3)cc2)c1=O. The normalized spacial score (nSPS) is 11.9. The molecule has 0 spiro atoms. The highest BCUT2D eigenvalue weighted by Crippen LogP contribution is 2.27. The Labute approximate surface area is 182 Å². The minimum Gasteiger partial charge on any atom is -0.296 e. The monoisotopic (exact) mass is 416 g/mol. The Morgan fingerprint density at radius 1 is 1.00 bits per heavy atom. The molecule has 0 atom stereocenters. The number of hydrogen-bond donors (Lipinski definition) is 0. The summed E-state index contributed by atoms with van der Waals surface area (Å²) in [5.41, 5.74) is 5.06. The molecule has 0 saturated heterocycles. The fourth-order valence-electron chi connectivity index (χ4n) is 3.78. The Hall–Kier alpha value is -3.48. The summed E-state index contributed by atoms with van der Waals surface area (Å²) in [5, 5.41) is 11.5. The van der Waals surface area contributed by atoms with E-state index in [4.69, 9.17) is 0 Å². The largest absolute Gasteiger partial charge is 0.328 e. The van der Waals surface area contributed by atoms with E-state index in [-0.39, 0.29) is 17.1 Å². The average Bonchev–Trinajstić information content (AvgIpc) is 3.37. The van der Waals surface area contributed by atoms with Crippen LogP contribution in [0.15, 0.2) is 65.8 Å². The number of aromatic nitrogens is 6. The molecule has 7 heteroatoms. The van der Waals surface area contributed by atoms with Crippen molar-refractivity contribution in [3.8, 4) is 16.8 Å². The van der Waals surface area contributed by atoms with E-state index < -0.39 is 0 Å². The maximum absolute atomic E-state index is 13.1. The first-order valence-electron chi connectivity index (χ1n) is 10.5. The van der Waals surface area contributed by atoms with Crippen molar-refractivity contribution in [1.82, 2.24) is 29.3 Å². The second kappa shape index (κ2) is 7.98. The number of nitrogens with zero attached hydrogens (tertiary/aromatic N) is 6. The van der Waals surface area contributed by atoms with E-state index in [1.165, 1.54) is 0 Å². The molecule has 0 amide bonds. The molecule has 0 aliphatic carbocycles. The van der Waals surface area contributed by atoms with Gasteiger partial charge in [0.1, 0.15) is 6.33 Å². The maximum Gasteiger partial charge on any atom is 0.328 e. The van der Waals surface area contributed by atoms with Gasteiger partial charge in [0.05, 0.1) is 12.2 Å². The minimum absolute atomic E-state index is 0.0352. The smallest absolute Gasteiger partial charge is 0.296 e. The quantitative estimate of drug-likeness (QED) is 0.488. The Bertz CT molecular complexity index is 1220. The van der Waals surface area contributed by atoms with Crippen LogP contribution < -0.4 is 5.69 Å². The zero-order valence-electron chi connectivity index (χ0n) is 18.6. The summed E-state index contributed by atoms with van der Waals surface area (Å²) in [6.45, 7) is 11.0. The van der Waals surface area contributed by atoms with Crippen LogP contribution in [0.25, 0.3) is 16.8 Å². The number of imidazole rings is 1. The third kappa shape index (κ3) is 4.08. The molecule has 0 bridgehead atoms. The number of benzene rings is 2. The molecule has 4 aromatic rings. The van der Waals surface area contributed by atoms with E-state index in [1.54, 1.807) is 11.0 Å². The fraction of sp³-hybridized carbons (Fsp3) is 0.333. The molecule has 0 aliphatic heterocycles. The van der Waals surface area contributed by atoms with Gasteiger partial charge in [-0.15, -0.1) is 5.10 Å². The first-order chi connectivity index (χ1) is 14.8. The van der Waals surface area contributed by atoms with Crippen molar-refractivity contribution in [3.63, 3.8) is 0 Å². The van der Waals surface area contributed by atoms with Crippen LogP contribution in [0.2, 0.25) is 0 Å². The van der Waals surface area contributed by atoms with Crippen LogP contribution in [0.1, 0.15) is 51.9 Å². The zero-order valence-corrected chi connectivity index (χ0v) is 18.6. The van der Waals surface area contributed by atoms with Crippen LogP contribution >= 0.6 is 0 Å². The van der Waals surface area contributed by atoms with E-state index in [0.717, 1.165) is 28.1 Å². The molecule has 2 aromatic carbocycles.